The maximum absolute atomic E-state index is 11.4. The van der Waals surface area contributed by atoms with Crippen LogP contribution in [-0.2, 0) is 19.0 Å². The molecule has 1 rings (SSSR count). The predicted molar refractivity (Wildman–Crippen MR) is 55.0 cm³/mol. The molecule has 1 aliphatic rings. The van der Waals surface area contributed by atoms with Gasteiger partial charge in [-0.15, -0.1) is 0 Å². The van der Waals surface area contributed by atoms with Crippen LogP contribution in [0.15, 0.2) is 12.2 Å². The highest BCUT2D eigenvalue weighted by atomic mass is 16.8. The van der Waals surface area contributed by atoms with Gasteiger partial charge in [0.05, 0.1) is 0 Å². The molecular formula is C11H18O4. The Morgan fingerprint density at radius 3 is 2.73 bits per heavy atom. The van der Waals surface area contributed by atoms with Crippen molar-refractivity contribution in [2.24, 2.45) is 0 Å². The Morgan fingerprint density at radius 1 is 1.60 bits per heavy atom. The number of hydrogen-bond acceptors (Lipinski definition) is 4. The fraction of sp³-hybridized carbons (Fsp3) is 0.727. The molecule has 0 N–H and O–H groups in total. The Labute approximate surface area is 90.2 Å². The van der Waals surface area contributed by atoms with Gasteiger partial charge in [0.25, 0.3) is 0 Å². The van der Waals surface area contributed by atoms with Gasteiger partial charge in [-0.05, 0) is 19.8 Å². The van der Waals surface area contributed by atoms with Gasteiger partial charge in [0.15, 0.2) is 5.79 Å². The lowest BCUT2D eigenvalue weighted by molar-refractivity contribution is -0.203. The predicted octanol–water partition coefficient (Wildman–Crippen LogP) is 1.99. The zero-order chi connectivity index (χ0) is 11.5. The molecule has 2 unspecified atom stereocenters. The van der Waals surface area contributed by atoms with E-state index in [2.05, 4.69) is 6.58 Å². The van der Waals surface area contributed by atoms with Gasteiger partial charge in [0.2, 0.25) is 6.29 Å². The molecule has 0 amide bonds. The summed E-state index contributed by atoms with van der Waals surface area (Å²) in [7, 11) is 0. The van der Waals surface area contributed by atoms with Crippen LogP contribution in [0.2, 0.25) is 0 Å². The van der Waals surface area contributed by atoms with E-state index in [1.165, 1.54) is 0 Å². The molecular weight excluding hydrogens is 196 g/mol. The second kappa shape index (κ2) is 4.77. The van der Waals surface area contributed by atoms with Gasteiger partial charge in [-0.25, -0.2) is 4.79 Å². The zero-order valence-corrected chi connectivity index (χ0v) is 9.54. The van der Waals surface area contributed by atoms with Gasteiger partial charge < -0.3 is 14.2 Å². The van der Waals surface area contributed by atoms with Crippen molar-refractivity contribution < 1.29 is 19.0 Å². The highest BCUT2D eigenvalue weighted by molar-refractivity contribution is 5.87. The second-order valence-corrected chi connectivity index (χ2v) is 3.71. The molecule has 4 heteroatoms. The molecule has 0 aromatic rings. The number of carbonyl (C=O) groups is 1. The average Bonchev–Trinajstić information content (AvgIpc) is 2.60. The summed E-state index contributed by atoms with van der Waals surface area (Å²) in [6, 6.07) is 0. The summed E-state index contributed by atoms with van der Waals surface area (Å²) in [4.78, 5) is 11.4. The van der Waals surface area contributed by atoms with Crippen LogP contribution in [0.3, 0.4) is 0 Å². The first-order chi connectivity index (χ1) is 7.00. The minimum absolute atomic E-state index is 0.285. The van der Waals surface area contributed by atoms with Crippen molar-refractivity contribution in [3.05, 3.63) is 12.2 Å². The molecule has 1 heterocycles. The van der Waals surface area contributed by atoms with E-state index in [1.54, 1.807) is 0 Å². The van der Waals surface area contributed by atoms with Crippen molar-refractivity contribution in [2.75, 3.05) is 6.61 Å². The monoisotopic (exact) mass is 214 g/mol. The van der Waals surface area contributed by atoms with E-state index >= 15 is 0 Å². The molecule has 4 nitrogen and oxygen atoms in total. The highest BCUT2D eigenvalue weighted by Gasteiger charge is 2.37. The van der Waals surface area contributed by atoms with E-state index in [1.807, 2.05) is 20.8 Å². The van der Waals surface area contributed by atoms with Crippen LogP contribution in [0, 0.1) is 0 Å². The molecule has 86 valence electrons. The fourth-order valence-electron chi connectivity index (χ4n) is 1.18. The van der Waals surface area contributed by atoms with E-state index < -0.39 is 18.0 Å². The van der Waals surface area contributed by atoms with Gasteiger partial charge >= 0.3 is 5.97 Å². The van der Waals surface area contributed by atoms with Gasteiger partial charge in [0, 0.05) is 5.57 Å². The number of carbonyl (C=O) groups excluding carboxylic acids is 1. The normalized spacial score (nSPS) is 30.2. The quantitative estimate of drug-likeness (QED) is 0.530. The lowest BCUT2D eigenvalue weighted by atomic mass is 10.2. The van der Waals surface area contributed by atoms with Crippen LogP contribution in [-0.4, -0.2) is 24.7 Å². The van der Waals surface area contributed by atoms with Gasteiger partial charge in [0.1, 0.15) is 6.61 Å². The van der Waals surface area contributed by atoms with E-state index in [-0.39, 0.29) is 6.61 Å². The topological polar surface area (TPSA) is 44.8 Å². The van der Waals surface area contributed by atoms with Crippen molar-refractivity contribution in [3.8, 4) is 0 Å². The van der Waals surface area contributed by atoms with Crippen molar-refractivity contribution >= 4 is 5.97 Å². The largest absolute Gasteiger partial charge is 0.430 e. The number of hydrogen-bond donors (Lipinski definition) is 0. The van der Waals surface area contributed by atoms with Crippen molar-refractivity contribution in [1.82, 2.24) is 0 Å². The first kappa shape index (κ1) is 12.2. The van der Waals surface area contributed by atoms with E-state index in [4.69, 9.17) is 14.2 Å². The third kappa shape index (κ3) is 3.04. The van der Waals surface area contributed by atoms with Gasteiger partial charge in [-0.2, -0.15) is 0 Å². The molecule has 1 fully saturated rings. The average molecular weight is 214 g/mol. The minimum Gasteiger partial charge on any atom is -0.430 e. The number of rotatable bonds is 4. The summed E-state index contributed by atoms with van der Waals surface area (Å²) in [6.45, 7) is 9.52. The number of ether oxygens (including phenoxy) is 3. The summed E-state index contributed by atoms with van der Waals surface area (Å²) in [5, 5.41) is 0. The van der Waals surface area contributed by atoms with Crippen LogP contribution in [0.5, 0.6) is 0 Å². The molecule has 0 saturated carbocycles. The van der Waals surface area contributed by atoms with Gasteiger partial charge in [-0.3, -0.25) is 0 Å². The van der Waals surface area contributed by atoms with Crippen molar-refractivity contribution in [1.29, 1.82) is 0 Å². The lowest BCUT2D eigenvalue weighted by Crippen LogP contribution is -2.27. The Bertz CT molecular complexity index is 261. The zero-order valence-electron chi connectivity index (χ0n) is 9.54. The van der Waals surface area contributed by atoms with Crippen LogP contribution in [0.1, 0.15) is 33.6 Å². The molecule has 0 aromatic carbocycles. The Hall–Kier alpha value is -0.870. The fourth-order valence-corrected chi connectivity index (χ4v) is 1.18. The van der Waals surface area contributed by atoms with Crippen LogP contribution in [0.25, 0.3) is 0 Å². The SMILES string of the molecule is C=C(CC)C(=O)OC1COC(C)(CC)O1. The maximum Gasteiger partial charge on any atom is 0.335 e. The summed E-state index contributed by atoms with van der Waals surface area (Å²) in [5.41, 5.74) is 0.448. The van der Waals surface area contributed by atoms with Crippen LogP contribution in [0.4, 0.5) is 0 Å². The van der Waals surface area contributed by atoms with Crippen LogP contribution < -0.4 is 0 Å². The lowest BCUT2D eigenvalue weighted by Gasteiger charge is -2.20. The standard InChI is InChI=1S/C11H18O4/c1-5-8(3)10(12)14-9-7-13-11(4,6-2)15-9/h9H,3,5-7H2,1-2,4H3. The summed E-state index contributed by atoms with van der Waals surface area (Å²) >= 11 is 0. The van der Waals surface area contributed by atoms with E-state index in [9.17, 15) is 4.79 Å². The first-order valence-corrected chi connectivity index (χ1v) is 5.21. The first-order valence-electron chi connectivity index (χ1n) is 5.21. The second-order valence-electron chi connectivity index (χ2n) is 3.71. The smallest absolute Gasteiger partial charge is 0.335 e. The molecule has 0 aromatic heterocycles. The van der Waals surface area contributed by atoms with E-state index in [0.717, 1.165) is 6.42 Å². The molecule has 0 bridgehead atoms. The third-order valence-electron chi connectivity index (χ3n) is 2.50. The Kier molecular flexibility index (Phi) is 3.88. The van der Waals surface area contributed by atoms with Gasteiger partial charge in [-0.1, -0.05) is 20.4 Å². The third-order valence-corrected chi connectivity index (χ3v) is 2.50. The number of esters is 1. The molecule has 0 spiro atoms. The molecule has 0 aliphatic carbocycles. The minimum atomic E-state index is -0.626. The Balaban J connectivity index is 2.43. The molecule has 2 atom stereocenters. The highest BCUT2D eigenvalue weighted by Crippen LogP contribution is 2.27. The molecule has 1 aliphatic heterocycles. The molecule has 1 saturated heterocycles. The van der Waals surface area contributed by atoms with E-state index in [0.29, 0.717) is 12.0 Å². The summed E-state index contributed by atoms with van der Waals surface area (Å²) in [6.07, 6.45) is 0.693. The summed E-state index contributed by atoms with van der Waals surface area (Å²) in [5.74, 6) is -1.04. The van der Waals surface area contributed by atoms with Crippen molar-refractivity contribution in [2.45, 2.75) is 45.7 Å². The maximum atomic E-state index is 11.4. The van der Waals surface area contributed by atoms with Crippen molar-refractivity contribution in [3.63, 3.8) is 0 Å². The molecule has 0 radical (unpaired) electrons. The van der Waals surface area contributed by atoms with Crippen LogP contribution >= 0.6 is 0 Å². The molecule has 15 heavy (non-hydrogen) atoms. The summed E-state index contributed by atoms with van der Waals surface area (Å²) < 4.78 is 15.9. The Morgan fingerprint density at radius 2 is 2.27 bits per heavy atom.